The number of hydrogen-bond donors (Lipinski definition) is 0. The summed E-state index contributed by atoms with van der Waals surface area (Å²) in [7, 11) is 0. The fraction of sp³-hybridized carbons (Fsp3) is 0.471. The summed E-state index contributed by atoms with van der Waals surface area (Å²) in [5.41, 5.74) is 0.649. The molecule has 0 bridgehead atoms. The van der Waals surface area contributed by atoms with Crippen molar-refractivity contribution in [3.63, 3.8) is 0 Å². The molecule has 1 unspecified atom stereocenters. The molecule has 4 rings (SSSR count). The highest BCUT2D eigenvalue weighted by molar-refractivity contribution is 7.99. The van der Waals surface area contributed by atoms with Gasteiger partial charge in [0, 0.05) is 17.7 Å². The summed E-state index contributed by atoms with van der Waals surface area (Å²) < 4.78 is 7.69. The van der Waals surface area contributed by atoms with E-state index in [-0.39, 0.29) is 10.9 Å². The Hall–Kier alpha value is -2.82. The van der Waals surface area contributed by atoms with Crippen LogP contribution in [-0.4, -0.2) is 35.3 Å². The quantitative estimate of drug-likeness (QED) is 0.342. The zero-order chi connectivity index (χ0) is 19.5. The molecule has 1 aliphatic carbocycles. The molecule has 1 aliphatic rings. The van der Waals surface area contributed by atoms with Crippen molar-refractivity contribution in [3.8, 4) is 11.5 Å². The molecule has 2 aromatic heterocycles. The van der Waals surface area contributed by atoms with Crippen molar-refractivity contribution >= 4 is 17.4 Å². The number of nitrogens with zero attached hydrogens (tertiary/aromatic N) is 7. The third-order valence-corrected chi connectivity index (χ3v) is 5.81. The summed E-state index contributed by atoms with van der Waals surface area (Å²) in [5, 5.41) is 31.7. The molecule has 0 spiro atoms. The Bertz CT molecular complexity index is 950. The molecule has 0 radical (unpaired) electrons. The predicted molar refractivity (Wildman–Crippen MR) is 101 cm³/mol. The second kappa shape index (κ2) is 8.05. The first kappa shape index (κ1) is 18.5. The highest BCUT2D eigenvalue weighted by Gasteiger charge is 2.24. The molecule has 1 aromatic carbocycles. The predicted octanol–water partition coefficient (Wildman–Crippen LogP) is 3.99. The van der Waals surface area contributed by atoms with Crippen molar-refractivity contribution in [2.24, 2.45) is 0 Å². The molecule has 11 heteroatoms. The van der Waals surface area contributed by atoms with Gasteiger partial charge < -0.3 is 4.42 Å². The maximum Gasteiger partial charge on any atom is 0.269 e. The summed E-state index contributed by atoms with van der Waals surface area (Å²) in [6.45, 7) is 1.96. The lowest BCUT2D eigenvalue weighted by Gasteiger charge is -2.22. The van der Waals surface area contributed by atoms with Crippen LogP contribution in [0.4, 0.5) is 5.69 Å². The smallest absolute Gasteiger partial charge is 0.269 e. The fourth-order valence-corrected chi connectivity index (χ4v) is 4.16. The Morgan fingerprint density at radius 3 is 2.64 bits per heavy atom. The van der Waals surface area contributed by atoms with E-state index in [1.54, 1.807) is 12.1 Å². The van der Waals surface area contributed by atoms with Gasteiger partial charge >= 0.3 is 0 Å². The Morgan fingerprint density at radius 1 is 1.18 bits per heavy atom. The van der Waals surface area contributed by atoms with Crippen LogP contribution in [0.3, 0.4) is 0 Å². The van der Waals surface area contributed by atoms with Crippen LogP contribution < -0.4 is 0 Å². The zero-order valence-electron chi connectivity index (χ0n) is 15.3. The van der Waals surface area contributed by atoms with E-state index in [1.807, 2.05) is 11.6 Å². The Kier molecular flexibility index (Phi) is 5.33. The van der Waals surface area contributed by atoms with Gasteiger partial charge in [0.15, 0.2) is 0 Å². The minimum Gasteiger partial charge on any atom is -0.419 e. The van der Waals surface area contributed by atoms with Crippen LogP contribution in [-0.2, 0) is 0 Å². The Labute approximate surface area is 164 Å². The van der Waals surface area contributed by atoms with E-state index in [1.165, 1.54) is 43.2 Å². The van der Waals surface area contributed by atoms with Gasteiger partial charge in [-0.2, -0.15) is 0 Å². The topological polar surface area (TPSA) is 126 Å². The number of thioether (sulfide) groups is 1. The van der Waals surface area contributed by atoms with E-state index >= 15 is 0 Å². The van der Waals surface area contributed by atoms with Gasteiger partial charge in [0.1, 0.15) is 0 Å². The third kappa shape index (κ3) is 3.88. The first-order chi connectivity index (χ1) is 13.6. The number of non-ortho nitro benzene ring substituents is 1. The molecular weight excluding hydrogens is 382 g/mol. The van der Waals surface area contributed by atoms with Gasteiger partial charge in [-0.15, -0.1) is 15.3 Å². The molecule has 1 fully saturated rings. The molecule has 1 saturated carbocycles. The van der Waals surface area contributed by atoms with Gasteiger partial charge in [-0.25, -0.2) is 4.68 Å². The average Bonchev–Trinajstić information content (AvgIpc) is 3.38. The van der Waals surface area contributed by atoms with E-state index in [2.05, 4.69) is 25.7 Å². The van der Waals surface area contributed by atoms with Gasteiger partial charge in [0.2, 0.25) is 16.9 Å². The lowest BCUT2D eigenvalue weighted by molar-refractivity contribution is -0.384. The molecule has 0 aliphatic heterocycles. The van der Waals surface area contributed by atoms with Gasteiger partial charge in [-0.05, 0) is 42.3 Å². The van der Waals surface area contributed by atoms with Gasteiger partial charge in [-0.1, -0.05) is 31.0 Å². The molecule has 146 valence electrons. The van der Waals surface area contributed by atoms with Crippen molar-refractivity contribution in [1.29, 1.82) is 0 Å². The van der Waals surface area contributed by atoms with E-state index in [4.69, 9.17) is 4.42 Å². The van der Waals surface area contributed by atoms with Crippen molar-refractivity contribution in [3.05, 3.63) is 40.3 Å². The van der Waals surface area contributed by atoms with E-state index in [9.17, 15) is 10.1 Å². The Balaban J connectivity index is 1.47. The van der Waals surface area contributed by atoms with Gasteiger partial charge in [0.25, 0.3) is 5.69 Å². The second-order valence-electron chi connectivity index (χ2n) is 6.71. The lowest BCUT2D eigenvalue weighted by Crippen LogP contribution is -2.15. The standard InChI is InChI=1S/C17H19N7O3S/c1-11(28-17-20-21-22-23(17)13-5-3-2-4-6-13)15-18-19-16(27-15)12-7-9-14(10-8-12)24(25)26/h7-11,13H,2-6H2,1H3. The number of tetrazole rings is 1. The van der Waals surface area contributed by atoms with E-state index in [0.29, 0.717) is 23.4 Å². The van der Waals surface area contributed by atoms with Gasteiger partial charge in [0.05, 0.1) is 16.2 Å². The van der Waals surface area contributed by atoms with Crippen LogP contribution in [0.5, 0.6) is 0 Å². The van der Waals surface area contributed by atoms with E-state index in [0.717, 1.165) is 18.0 Å². The first-order valence-electron chi connectivity index (χ1n) is 9.14. The molecule has 3 aromatic rings. The summed E-state index contributed by atoms with van der Waals surface area (Å²) in [5.74, 6) is 0.778. The van der Waals surface area contributed by atoms with Crippen LogP contribution in [0.25, 0.3) is 11.5 Å². The maximum atomic E-state index is 10.8. The normalized spacial score (nSPS) is 16.2. The first-order valence-corrected chi connectivity index (χ1v) is 10.0. The summed E-state index contributed by atoms with van der Waals surface area (Å²) in [4.78, 5) is 10.3. The monoisotopic (exact) mass is 401 g/mol. The molecule has 0 saturated heterocycles. The molecular formula is C17H19N7O3S. The highest BCUT2D eigenvalue weighted by Crippen LogP contribution is 2.37. The molecule has 0 amide bonds. The second-order valence-corrected chi connectivity index (χ2v) is 8.02. The zero-order valence-corrected chi connectivity index (χ0v) is 16.1. The summed E-state index contributed by atoms with van der Waals surface area (Å²) >= 11 is 1.48. The fourth-order valence-electron chi connectivity index (χ4n) is 3.27. The maximum absolute atomic E-state index is 10.8. The van der Waals surface area contributed by atoms with Crippen LogP contribution in [0, 0.1) is 10.1 Å². The summed E-state index contributed by atoms with van der Waals surface area (Å²) in [6.07, 6.45) is 5.86. The molecule has 2 heterocycles. The number of hydrogen-bond acceptors (Lipinski definition) is 9. The molecule has 10 nitrogen and oxygen atoms in total. The van der Waals surface area contributed by atoms with Crippen LogP contribution in [0.1, 0.15) is 56.2 Å². The summed E-state index contributed by atoms with van der Waals surface area (Å²) in [6, 6.07) is 6.36. The SMILES string of the molecule is CC(Sc1nnnn1C1CCCCC1)c1nnc(-c2ccc([N+](=O)[O-])cc2)o1. The van der Waals surface area contributed by atoms with Crippen LogP contribution in [0.15, 0.2) is 33.8 Å². The molecule has 28 heavy (non-hydrogen) atoms. The highest BCUT2D eigenvalue weighted by atomic mass is 32.2. The largest absolute Gasteiger partial charge is 0.419 e. The number of rotatable bonds is 6. The van der Waals surface area contributed by atoms with Gasteiger partial charge in [-0.3, -0.25) is 10.1 Å². The molecule has 1 atom stereocenters. The van der Waals surface area contributed by atoms with Crippen LogP contribution >= 0.6 is 11.8 Å². The molecule has 0 N–H and O–H groups in total. The minimum atomic E-state index is -0.446. The van der Waals surface area contributed by atoms with Crippen molar-refractivity contribution in [2.45, 2.75) is 55.5 Å². The van der Waals surface area contributed by atoms with E-state index < -0.39 is 4.92 Å². The number of nitro groups is 1. The van der Waals surface area contributed by atoms with Crippen molar-refractivity contribution in [1.82, 2.24) is 30.4 Å². The lowest BCUT2D eigenvalue weighted by atomic mass is 9.96. The van der Waals surface area contributed by atoms with Crippen molar-refractivity contribution in [2.75, 3.05) is 0 Å². The third-order valence-electron chi connectivity index (χ3n) is 4.78. The average molecular weight is 401 g/mol. The number of nitro benzene ring substituents is 1. The van der Waals surface area contributed by atoms with Crippen molar-refractivity contribution < 1.29 is 9.34 Å². The Morgan fingerprint density at radius 2 is 1.93 bits per heavy atom. The minimum absolute atomic E-state index is 0.0157. The number of aromatic nitrogens is 6. The van der Waals surface area contributed by atoms with Crippen LogP contribution in [0.2, 0.25) is 0 Å². The number of benzene rings is 1.